The summed E-state index contributed by atoms with van der Waals surface area (Å²) in [6.07, 6.45) is 2.06. The van der Waals surface area contributed by atoms with Crippen LogP contribution in [0.25, 0.3) is 0 Å². The second kappa shape index (κ2) is 3.95. The molecule has 0 amide bonds. The molecule has 0 aromatic heterocycles. The van der Waals surface area contributed by atoms with Gasteiger partial charge in [0.25, 0.3) is 0 Å². The monoisotopic (exact) mass is 222 g/mol. The molecule has 0 atom stereocenters. The first-order valence-corrected chi connectivity index (χ1v) is 11.1. The summed E-state index contributed by atoms with van der Waals surface area (Å²) < 4.78 is 1.57. The normalized spacial score (nSPS) is 11.2. The van der Waals surface area contributed by atoms with Crippen molar-refractivity contribution in [3.63, 3.8) is 0 Å². The van der Waals surface area contributed by atoms with E-state index in [0.29, 0.717) is 0 Å². The summed E-state index contributed by atoms with van der Waals surface area (Å²) >= 11 is -1.70. The quantitative estimate of drug-likeness (QED) is 0.543. The van der Waals surface area contributed by atoms with Crippen LogP contribution in [0.4, 0.5) is 0 Å². The Bertz CT molecular complexity index is 249. The van der Waals surface area contributed by atoms with E-state index in [2.05, 4.69) is 54.5 Å². The second-order valence-corrected chi connectivity index (χ2v) is 13.7. The van der Waals surface area contributed by atoms with E-state index < -0.39 is 13.3 Å². The first-order chi connectivity index (χ1) is 5.67. The molecule has 0 saturated heterocycles. The van der Waals surface area contributed by atoms with Crippen LogP contribution in [-0.2, 0) is 0 Å². The van der Waals surface area contributed by atoms with Crippen molar-refractivity contribution in [2.75, 3.05) is 0 Å². The van der Waals surface area contributed by atoms with Gasteiger partial charge in [0.15, 0.2) is 0 Å². The summed E-state index contributed by atoms with van der Waals surface area (Å²) in [5.74, 6) is 4.86. The van der Waals surface area contributed by atoms with Gasteiger partial charge in [-0.1, -0.05) is 0 Å². The van der Waals surface area contributed by atoms with Gasteiger partial charge in [-0.25, -0.2) is 0 Å². The van der Waals surface area contributed by atoms with Gasteiger partial charge in [0, 0.05) is 0 Å². The molecule has 0 aliphatic heterocycles. The Hall–Kier alpha value is -0.497. The van der Waals surface area contributed by atoms with Gasteiger partial charge < -0.3 is 0 Å². The van der Waals surface area contributed by atoms with E-state index >= 15 is 0 Å². The third kappa shape index (κ3) is 2.24. The fourth-order valence-corrected chi connectivity index (χ4v) is 5.67. The number of allylic oxidation sites excluding steroid dienone is 1. The Labute approximate surface area is 77.7 Å². The van der Waals surface area contributed by atoms with Gasteiger partial charge in [-0.15, -0.1) is 0 Å². The molecule has 0 heterocycles. The molecular weight excluding hydrogens is 205 g/mol. The molecule has 0 unspecified atom stereocenters. The van der Waals surface area contributed by atoms with Gasteiger partial charge in [-0.05, 0) is 0 Å². The van der Waals surface area contributed by atoms with Gasteiger partial charge in [0.05, 0.1) is 0 Å². The van der Waals surface area contributed by atoms with Gasteiger partial charge in [0.2, 0.25) is 0 Å². The van der Waals surface area contributed by atoms with Crippen molar-refractivity contribution >= 4 is 17.7 Å². The zero-order valence-electron chi connectivity index (χ0n) is 7.88. The van der Waals surface area contributed by atoms with Crippen molar-refractivity contribution in [1.29, 1.82) is 0 Å². The predicted octanol–water partition coefficient (Wildman–Crippen LogP) is 2.79. The van der Waals surface area contributed by atoms with Gasteiger partial charge in [0.1, 0.15) is 0 Å². The molecule has 12 heavy (non-hydrogen) atoms. The summed E-state index contributed by atoms with van der Waals surface area (Å²) in [7, 11) is 0. The molecule has 1 heteroatoms. The molecule has 0 N–H and O–H groups in total. The summed E-state index contributed by atoms with van der Waals surface area (Å²) in [6.45, 7) is 3.82. The molecule has 0 radical (unpaired) electrons. The van der Waals surface area contributed by atoms with E-state index in [9.17, 15) is 0 Å². The van der Waals surface area contributed by atoms with E-state index in [1.54, 1.807) is 4.40 Å². The van der Waals surface area contributed by atoms with Crippen LogP contribution >= 0.6 is 0 Å². The van der Waals surface area contributed by atoms with E-state index in [1.165, 1.54) is 5.25 Å². The molecule has 0 spiro atoms. The van der Waals surface area contributed by atoms with Crippen molar-refractivity contribution in [2.24, 2.45) is 0 Å². The minimum atomic E-state index is -1.70. The zero-order chi connectivity index (χ0) is 9.03. The Morgan fingerprint density at radius 2 is 1.83 bits per heavy atom. The first-order valence-electron chi connectivity index (χ1n) is 4.33. The number of rotatable bonds is 3. The number of benzene rings is 1. The molecule has 0 saturated carbocycles. The average molecular weight is 221 g/mol. The SMILES string of the molecule is C=C[CH2][Ge]([CH3])([CH3])[c]1ccccc1. The molecule has 0 aliphatic carbocycles. The molecule has 0 bridgehead atoms. The van der Waals surface area contributed by atoms with Crippen molar-refractivity contribution in [3.05, 3.63) is 43.0 Å². The summed E-state index contributed by atoms with van der Waals surface area (Å²) in [5.41, 5.74) is 0. The minimum absolute atomic E-state index is 1.21. The van der Waals surface area contributed by atoms with Gasteiger partial charge >= 0.3 is 77.4 Å². The van der Waals surface area contributed by atoms with Crippen LogP contribution in [0.5, 0.6) is 0 Å². The molecule has 1 aromatic carbocycles. The fourth-order valence-electron chi connectivity index (χ4n) is 1.37. The van der Waals surface area contributed by atoms with E-state index in [1.807, 2.05) is 0 Å². The molecular formula is C11H16Ge. The van der Waals surface area contributed by atoms with E-state index in [-0.39, 0.29) is 0 Å². The summed E-state index contributed by atoms with van der Waals surface area (Å²) in [6, 6.07) is 10.8. The van der Waals surface area contributed by atoms with Crippen LogP contribution in [0.15, 0.2) is 43.0 Å². The summed E-state index contributed by atoms with van der Waals surface area (Å²) in [4.78, 5) is 0. The molecule has 1 aromatic rings. The van der Waals surface area contributed by atoms with Crippen molar-refractivity contribution in [2.45, 2.75) is 16.8 Å². The van der Waals surface area contributed by atoms with Gasteiger partial charge in [-0.2, -0.15) is 0 Å². The van der Waals surface area contributed by atoms with Crippen molar-refractivity contribution in [1.82, 2.24) is 0 Å². The molecule has 0 aliphatic rings. The van der Waals surface area contributed by atoms with E-state index in [4.69, 9.17) is 0 Å². The number of hydrogen-bond acceptors (Lipinski definition) is 0. The van der Waals surface area contributed by atoms with Crippen LogP contribution < -0.4 is 4.40 Å². The Balaban J connectivity index is 2.89. The van der Waals surface area contributed by atoms with Crippen LogP contribution in [0.2, 0.25) is 16.8 Å². The predicted molar refractivity (Wildman–Crippen MR) is 58.6 cm³/mol. The summed E-state index contributed by atoms with van der Waals surface area (Å²) in [5, 5.41) is 1.21. The van der Waals surface area contributed by atoms with Crippen LogP contribution in [0, 0.1) is 0 Å². The van der Waals surface area contributed by atoms with E-state index in [0.717, 1.165) is 0 Å². The molecule has 0 nitrogen and oxygen atoms in total. The third-order valence-corrected chi connectivity index (χ3v) is 8.94. The molecule has 0 fully saturated rings. The maximum atomic E-state index is 3.82. The zero-order valence-corrected chi connectivity index (χ0v) is 9.98. The fraction of sp³-hybridized carbons (Fsp3) is 0.273. The Kier molecular flexibility index (Phi) is 3.15. The topological polar surface area (TPSA) is 0 Å². The van der Waals surface area contributed by atoms with Crippen molar-refractivity contribution in [3.8, 4) is 0 Å². The Morgan fingerprint density at radius 1 is 1.25 bits per heavy atom. The first kappa shape index (κ1) is 9.59. The van der Waals surface area contributed by atoms with Crippen LogP contribution in [-0.4, -0.2) is 13.3 Å². The third-order valence-electron chi connectivity index (χ3n) is 2.21. The standard InChI is InChI=1S/C11H16Ge/c1-4-10-12(2,3)11-8-6-5-7-9-11/h4-9H,1,10H2,2-3H3. The Morgan fingerprint density at radius 3 is 2.33 bits per heavy atom. The van der Waals surface area contributed by atoms with Crippen molar-refractivity contribution < 1.29 is 0 Å². The van der Waals surface area contributed by atoms with Crippen LogP contribution in [0.1, 0.15) is 0 Å². The average Bonchev–Trinajstić information content (AvgIpc) is 2.06. The maximum absolute atomic E-state index is 3.82. The van der Waals surface area contributed by atoms with Gasteiger partial charge in [-0.3, -0.25) is 0 Å². The van der Waals surface area contributed by atoms with Crippen LogP contribution in [0.3, 0.4) is 0 Å². The number of hydrogen-bond donors (Lipinski definition) is 0. The molecule has 1 rings (SSSR count). The second-order valence-electron chi connectivity index (χ2n) is 3.74. The molecule has 64 valence electrons.